The lowest BCUT2D eigenvalue weighted by Gasteiger charge is -2.26. The number of carbonyl (C=O) groups excluding carboxylic acids is 3. The van der Waals surface area contributed by atoms with Crippen molar-refractivity contribution in [2.75, 3.05) is 6.54 Å². The molecule has 1 atom stereocenters. The quantitative estimate of drug-likeness (QED) is 0.636. The van der Waals surface area contributed by atoms with Gasteiger partial charge in [0.2, 0.25) is 0 Å². The fourth-order valence-corrected chi connectivity index (χ4v) is 3.98. The van der Waals surface area contributed by atoms with Crippen LogP contribution in [0.1, 0.15) is 39.9 Å². The van der Waals surface area contributed by atoms with Crippen LogP contribution in [0, 0.1) is 6.92 Å². The summed E-state index contributed by atoms with van der Waals surface area (Å²) in [6, 6.07) is 12.3. The highest BCUT2D eigenvalue weighted by molar-refractivity contribution is 7.14. The van der Waals surface area contributed by atoms with Crippen LogP contribution in [0.25, 0.3) is 0 Å². The number of nitrogens with zero attached hydrogens (tertiary/aromatic N) is 1. The van der Waals surface area contributed by atoms with E-state index in [2.05, 4.69) is 5.32 Å². The van der Waals surface area contributed by atoms with E-state index in [0.29, 0.717) is 11.3 Å². The molecule has 3 amide bonds. The molecule has 1 aliphatic heterocycles. The molecule has 5 nitrogen and oxygen atoms in total. The van der Waals surface area contributed by atoms with Crippen LogP contribution >= 0.6 is 11.3 Å². The first kappa shape index (κ1) is 17.4. The number of imide groups is 1. The van der Waals surface area contributed by atoms with Gasteiger partial charge in [-0.2, -0.15) is 0 Å². The Kier molecular flexibility index (Phi) is 4.72. The first-order chi connectivity index (χ1) is 12.0. The molecule has 2 heterocycles. The number of carbonyl (C=O) groups is 3. The van der Waals surface area contributed by atoms with E-state index in [-0.39, 0.29) is 18.2 Å². The van der Waals surface area contributed by atoms with Crippen molar-refractivity contribution in [3.05, 3.63) is 57.8 Å². The van der Waals surface area contributed by atoms with Crippen molar-refractivity contribution >= 4 is 29.1 Å². The highest BCUT2D eigenvalue weighted by Crippen LogP contribution is 2.33. The summed E-state index contributed by atoms with van der Waals surface area (Å²) < 4.78 is 0. The summed E-state index contributed by atoms with van der Waals surface area (Å²) in [5.74, 6) is -0.575. The number of nitrogens with one attached hydrogen (secondary N) is 1. The molecule has 1 fully saturated rings. The Hall–Kier alpha value is -2.47. The molecule has 1 N–H and O–H groups in total. The zero-order valence-corrected chi connectivity index (χ0v) is 15.1. The Labute approximate surface area is 150 Å². The van der Waals surface area contributed by atoms with Gasteiger partial charge in [-0.25, -0.2) is 4.79 Å². The number of amides is 3. The molecule has 0 saturated carbocycles. The number of Topliss-reactive ketones (excluding diaryl/α,β-unsaturated/α-hetero) is 1. The van der Waals surface area contributed by atoms with Crippen molar-refractivity contribution in [3.8, 4) is 0 Å². The van der Waals surface area contributed by atoms with Gasteiger partial charge in [0.1, 0.15) is 5.54 Å². The second-order valence-corrected chi connectivity index (χ2v) is 7.46. The van der Waals surface area contributed by atoms with Crippen LogP contribution in [-0.4, -0.2) is 29.2 Å². The fourth-order valence-electron chi connectivity index (χ4n) is 3.18. The van der Waals surface area contributed by atoms with Gasteiger partial charge in [0.05, 0.1) is 11.4 Å². The Balaban J connectivity index is 1.89. The summed E-state index contributed by atoms with van der Waals surface area (Å²) in [6.45, 7) is 3.64. The lowest BCUT2D eigenvalue weighted by Crippen LogP contribution is -2.44. The third-order valence-electron chi connectivity index (χ3n) is 4.38. The number of hydrogen-bond acceptors (Lipinski definition) is 4. The monoisotopic (exact) mass is 356 g/mol. The molecule has 1 aromatic heterocycles. The van der Waals surface area contributed by atoms with Gasteiger partial charge in [0, 0.05) is 4.88 Å². The molecular weight excluding hydrogens is 336 g/mol. The summed E-state index contributed by atoms with van der Waals surface area (Å²) in [5, 5.41) is 2.84. The number of aryl methyl sites for hydroxylation is 1. The van der Waals surface area contributed by atoms with Crippen LogP contribution in [0.4, 0.5) is 4.79 Å². The maximum absolute atomic E-state index is 13.1. The van der Waals surface area contributed by atoms with Crippen molar-refractivity contribution in [2.45, 2.75) is 32.2 Å². The van der Waals surface area contributed by atoms with E-state index in [1.807, 2.05) is 50.2 Å². The average Bonchev–Trinajstić information content (AvgIpc) is 3.14. The predicted molar refractivity (Wildman–Crippen MR) is 96.7 cm³/mol. The summed E-state index contributed by atoms with van der Waals surface area (Å²) in [6.07, 6.45) is 1.22. The minimum Gasteiger partial charge on any atom is -0.319 e. The van der Waals surface area contributed by atoms with Crippen LogP contribution in [0.15, 0.2) is 42.5 Å². The van der Waals surface area contributed by atoms with Gasteiger partial charge in [-0.3, -0.25) is 14.5 Å². The molecule has 0 radical (unpaired) electrons. The Morgan fingerprint density at radius 3 is 2.48 bits per heavy atom. The molecular formula is C19H20N2O3S. The summed E-state index contributed by atoms with van der Waals surface area (Å²) in [7, 11) is 0. The van der Waals surface area contributed by atoms with Gasteiger partial charge >= 0.3 is 6.03 Å². The molecule has 1 saturated heterocycles. The molecule has 0 bridgehead atoms. The molecule has 2 aromatic rings. The number of urea groups is 1. The molecule has 1 aliphatic rings. The molecule has 6 heteroatoms. The predicted octanol–water partition coefficient (Wildman–Crippen LogP) is 3.49. The van der Waals surface area contributed by atoms with Crippen LogP contribution in [0.2, 0.25) is 0 Å². The van der Waals surface area contributed by atoms with E-state index < -0.39 is 11.6 Å². The van der Waals surface area contributed by atoms with E-state index >= 15 is 0 Å². The normalized spacial score (nSPS) is 20.0. The lowest BCUT2D eigenvalue weighted by atomic mass is 9.85. The van der Waals surface area contributed by atoms with Gasteiger partial charge in [0.25, 0.3) is 5.91 Å². The molecule has 25 heavy (non-hydrogen) atoms. The highest BCUT2D eigenvalue weighted by atomic mass is 32.1. The summed E-state index contributed by atoms with van der Waals surface area (Å²) in [4.78, 5) is 40.6. The first-order valence-corrected chi connectivity index (χ1v) is 9.09. The Bertz CT molecular complexity index is 815. The standard InChI is InChI=1S/C19H20N2O3S/c1-3-11-19(14-7-5-4-6-8-14)17(23)21(18(24)20-19)12-15(22)16-10-9-13(2)25-16/h4-10H,3,11-12H2,1-2H3,(H,20,24). The zero-order valence-electron chi connectivity index (χ0n) is 14.2. The highest BCUT2D eigenvalue weighted by Gasteiger charge is 2.52. The van der Waals surface area contributed by atoms with E-state index in [0.717, 1.165) is 21.8 Å². The smallest absolute Gasteiger partial charge is 0.319 e. The largest absolute Gasteiger partial charge is 0.325 e. The van der Waals surface area contributed by atoms with E-state index in [1.54, 1.807) is 6.07 Å². The first-order valence-electron chi connectivity index (χ1n) is 8.27. The molecule has 0 spiro atoms. The van der Waals surface area contributed by atoms with Crippen molar-refractivity contribution in [2.24, 2.45) is 0 Å². The Morgan fingerprint density at radius 2 is 1.88 bits per heavy atom. The van der Waals surface area contributed by atoms with Crippen molar-refractivity contribution in [1.82, 2.24) is 10.2 Å². The zero-order chi connectivity index (χ0) is 18.0. The summed E-state index contributed by atoms with van der Waals surface area (Å²) >= 11 is 1.37. The SMILES string of the molecule is CCCC1(c2ccccc2)NC(=O)N(CC(=O)c2ccc(C)s2)C1=O. The van der Waals surface area contributed by atoms with Crippen molar-refractivity contribution in [1.29, 1.82) is 0 Å². The summed E-state index contributed by atoms with van der Waals surface area (Å²) in [5.41, 5.74) is -0.337. The minimum atomic E-state index is -1.08. The average molecular weight is 356 g/mol. The van der Waals surface area contributed by atoms with E-state index in [1.165, 1.54) is 11.3 Å². The molecule has 3 rings (SSSR count). The van der Waals surface area contributed by atoms with Crippen LogP contribution in [-0.2, 0) is 10.3 Å². The van der Waals surface area contributed by atoms with Crippen LogP contribution < -0.4 is 5.32 Å². The third kappa shape index (κ3) is 3.09. The fraction of sp³-hybridized carbons (Fsp3) is 0.316. The van der Waals surface area contributed by atoms with Crippen molar-refractivity contribution < 1.29 is 14.4 Å². The molecule has 1 aromatic carbocycles. The number of ketones is 1. The van der Waals surface area contributed by atoms with Gasteiger partial charge in [-0.05, 0) is 31.0 Å². The minimum absolute atomic E-state index is 0.220. The van der Waals surface area contributed by atoms with Gasteiger partial charge in [-0.1, -0.05) is 43.7 Å². The molecule has 130 valence electrons. The number of hydrogen-bond donors (Lipinski definition) is 1. The van der Waals surface area contributed by atoms with E-state index in [4.69, 9.17) is 0 Å². The van der Waals surface area contributed by atoms with Gasteiger partial charge in [-0.15, -0.1) is 11.3 Å². The maximum atomic E-state index is 13.1. The maximum Gasteiger partial charge on any atom is 0.325 e. The third-order valence-corrected chi connectivity index (χ3v) is 5.43. The second-order valence-electron chi connectivity index (χ2n) is 6.18. The number of benzene rings is 1. The van der Waals surface area contributed by atoms with Gasteiger partial charge < -0.3 is 5.32 Å². The molecule has 1 unspecified atom stereocenters. The van der Waals surface area contributed by atoms with Crippen LogP contribution in [0.3, 0.4) is 0 Å². The molecule has 0 aliphatic carbocycles. The van der Waals surface area contributed by atoms with Gasteiger partial charge in [0.15, 0.2) is 5.78 Å². The van der Waals surface area contributed by atoms with Crippen molar-refractivity contribution in [3.63, 3.8) is 0 Å². The van der Waals surface area contributed by atoms with Crippen LogP contribution in [0.5, 0.6) is 0 Å². The van der Waals surface area contributed by atoms with E-state index in [9.17, 15) is 14.4 Å². The topological polar surface area (TPSA) is 66.5 Å². The number of thiophene rings is 1. The lowest BCUT2D eigenvalue weighted by molar-refractivity contribution is -0.131. The Morgan fingerprint density at radius 1 is 1.16 bits per heavy atom. The number of rotatable bonds is 6. The second kappa shape index (κ2) is 6.80.